The number of carbonyl (C=O) groups excluding carboxylic acids is 1. The van der Waals surface area contributed by atoms with Crippen molar-refractivity contribution in [1.82, 2.24) is 0 Å². The number of carbonyl (C=O) groups is 1. The van der Waals surface area contributed by atoms with Gasteiger partial charge in [0.15, 0.2) is 0 Å². The molecule has 1 aliphatic heterocycles. The van der Waals surface area contributed by atoms with Gasteiger partial charge in [0.05, 0.1) is 6.42 Å². The molecule has 1 N–H and O–H groups in total. The number of benzene rings is 2. The van der Waals surface area contributed by atoms with Crippen molar-refractivity contribution in [2.24, 2.45) is 0 Å². The second kappa shape index (κ2) is 5.40. The van der Waals surface area contributed by atoms with Gasteiger partial charge < -0.3 is 4.90 Å². The summed E-state index contributed by atoms with van der Waals surface area (Å²) in [7, 11) is -1.98. The van der Waals surface area contributed by atoms with Gasteiger partial charge in [-0.15, -0.1) is 0 Å². The number of likely N-dealkylation sites (N-methyl/N-ethyl adjacent to an activating group) is 1. The van der Waals surface area contributed by atoms with Gasteiger partial charge in [0, 0.05) is 22.9 Å². The van der Waals surface area contributed by atoms with Gasteiger partial charge in [0.1, 0.15) is 4.90 Å². The van der Waals surface area contributed by atoms with E-state index in [-0.39, 0.29) is 17.2 Å². The van der Waals surface area contributed by atoms with E-state index in [2.05, 4.69) is 20.7 Å². The van der Waals surface area contributed by atoms with Crippen molar-refractivity contribution < 1.29 is 13.2 Å². The molecule has 0 aromatic heterocycles. The second-order valence-corrected chi connectivity index (χ2v) is 7.51. The first-order valence-electron chi connectivity index (χ1n) is 6.55. The van der Waals surface area contributed by atoms with Crippen LogP contribution in [0.4, 0.5) is 11.4 Å². The molecule has 2 aromatic carbocycles. The molecule has 0 atom stereocenters. The van der Waals surface area contributed by atoms with E-state index in [0.29, 0.717) is 10.2 Å². The van der Waals surface area contributed by atoms with Crippen molar-refractivity contribution in [3.05, 3.63) is 52.5 Å². The van der Waals surface area contributed by atoms with E-state index in [0.717, 1.165) is 11.3 Å². The van der Waals surface area contributed by atoms with Crippen LogP contribution in [0.3, 0.4) is 0 Å². The Morgan fingerprint density at radius 1 is 1.18 bits per heavy atom. The molecule has 1 aliphatic rings. The third kappa shape index (κ3) is 2.62. The fraction of sp³-hybridized carbons (Fsp3) is 0.133. The molecule has 0 saturated heterocycles. The first kappa shape index (κ1) is 15.1. The molecule has 3 rings (SSSR count). The molecule has 1 heterocycles. The number of amides is 1. The van der Waals surface area contributed by atoms with E-state index < -0.39 is 10.0 Å². The number of rotatable bonds is 3. The normalized spacial score (nSPS) is 14.1. The van der Waals surface area contributed by atoms with E-state index in [1.54, 1.807) is 48.3 Å². The number of halogens is 1. The maximum Gasteiger partial charge on any atom is 0.263 e. The van der Waals surface area contributed by atoms with Crippen LogP contribution in [0.15, 0.2) is 51.8 Å². The predicted octanol–water partition coefficient (Wildman–Crippen LogP) is 2.77. The summed E-state index contributed by atoms with van der Waals surface area (Å²) in [5.74, 6) is 0.000751. The highest BCUT2D eigenvalue weighted by Crippen LogP contribution is 2.31. The first-order valence-corrected chi connectivity index (χ1v) is 8.83. The van der Waals surface area contributed by atoms with Gasteiger partial charge in [-0.2, -0.15) is 0 Å². The van der Waals surface area contributed by atoms with Crippen molar-refractivity contribution in [2.75, 3.05) is 16.7 Å². The highest BCUT2D eigenvalue weighted by Gasteiger charge is 2.25. The van der Waals surface area contributed by atoms with Gasteiger partial charge in [-0.05, 0) is 51.8 Å². The number of nitrogens with zero attached hydrogens (tertiary/aromatic N) is 1. The van der Waals surface area contributed by atoms with Gasteiger partial charge in [0.2, 0.25) is 5.91 Å². The minimum atomic E-state index is -3.68. The largest absolute Gasteiger partial charge is 0.315 e. The van der Waals surface area contributed by atoms with Crippen molar-refractivity contribution in [2.45, 2.75) is 11.3 Å². The van der Waals surface area contributed by atoms with E-state index in [1.165, 1.54) is 6.07 Å². The van der Waals surface area contributed by atoms with E-state index in [1.807, 2.05) is 0 Å². The summed E-state index contributed by atoms with van der Waals surface area (Å²) in [6, 6.07) is 11.7. The van der Waals surface area contributed by atoms with Crippen molar-refractivity contribution in [3.8, 4) is 0 Å². The highest BCUT2D eigenvalue weighted by molar-refractivity contribution is 9.10. The second-order valence-electron chi connectivity index (χ2n) is 5.01. The summed E-state index contributed by atoms with van der Waals surface area (Å²) in [6.45, 7) is 0. The molecular formula is C15H13BrN2O3S. The average Bonchev–Trinajstić information content (AvgIpc) is 2.73. The number of fused-ring (bicyclic) bond motifs is 1. The molecule has 0 saturated carbocycles. The minimum absolute atomic E-state index is 0.000751. The molecule has 2 aromatic rings. The maximum absolute atomic E-state index is 12.4. The number of anilines is 2. The fourth-order valence-corrected chi connectivity index (χ4v) is 4.46. The maximum atomic E-state index is 12.4. The average molecular weight is 381 g/mol. The van der Waals surface area contributed by atoms with Crippen LogP contribution in [-0.4, -0.2) is 21.4 Å². The molecule has 114 valence electrons. The zero-order valence-corrected chi connectivity index (χ0v) is 14.1. The third-order valence-electron chi connectivity index (χ3n) is 3.54. The summed E-state index contributed by atoms with van der Waals surface area (Å²) < 4.78 is 27.9. The van der Waals surface area contributed by atoms with Crippen LogP contribution < -0.4 is 9.62 Å². The molecule has 0 aliphatic carbocycles. The first-order chi connectivity index (χ1) is 10.4. The Hall–Kier alpha value is -1.86. The zero-order chi connectivity index (χ0) is 15.9. The van der Waals surface area contributed by atoms with Gasteiger partial charge in [0.25, 0.3) is 10.0 Å². The lowest BCUT2D eigenvalue weighted by atomic mass is 10.1. The van der Waals surface area contributed by atoms with Crippen LogP contribution in [-0.2, 0) is 21.2 Å². The molecule has 0 unspecified atom stereocenters. The number of nitrogens with one attached hydrogen (secondary N) is 1. The number of hydrogen-bond acceptors (Lipinski definition) is 3. The van der Waals surface area contributed by atoms with Gasteiger partial charge >= 0.3 is 0 Å². The van der Waals surface area contributed by atoms with Crippen LogP contribution in [0, 0.1) is 0 Å². The monoisotopic (exact) mass is 380 g/mol. The standard InChI is InChI=1S/C15H13BrN2O3S/c1-18-13-7-6-11(8-10(13)9-15(18)19)17-22(20,21)14-5-3-2-4-12(14)16/h2-8,17H,9H2,1H3. The van der Waals surface area contributed by atoms with E-state index >= 15 is 0 Å². The lowest BCUT2D eigenvalue weighted by molar-refractivity contribution is -0.117. The van der Waals surface area contributed by atoms with E-state index in [4.69, 9.17) is 0 Å². The van der Waals surface area contributed by atoms with Crippen LogP contribution in [0.1, 0.15) is 5.56 Å². The molecule has 1 amide bonds. The Balaban J connectivity index is 1.93. The molecule has 5 nitrogen and oxygen atoms in total. The minimum Gasteiger partial charge on any atom is -0.315 e. The summed E-state index contributed by atoms with van der Waals surface area (Å²) >= 11 is 3.24. The van der Waals surface area contributed by atoms with E-state index in [9.17, 15) is 13.2 Å². The Kier molecular flexibility index (Phi) is 3.70. The molecule has 0 fully saturated rings. The number of sulfonamides is 1. The van der Waals surface area contributed by atoms with Crippen LogP contribution in [0.2, 0.25) is 0 Å². The Bertz CT molecular complexity index is 865. The SMILES string of the molecule is CN1C(=O)Cc2cc(NS(=O)(=O)c3ccccc3Br)ccc21. The number of hydrogen-bond donors (Lipinski definition) is 1. The Morgan fingerprint density at radius 3 is 2.64 bits per heavy atom. The third-order valence-corrected chi connectivity index (χ3v) is 5.93. The summed E-state index contributed by atoms with van der Waals surface area (Å²) in [4.78, 5) is 13.4. The Labute approximate surface area is 137 Å². The summed E-state index contributed by atoms with van der Waals surface area (Å²) in [6.07, 6.45) is 0.288. The summed E-state index contributed by atoms with van der Waals surface area (Å²) in [5, 5.41) is 0. The topological polar surface area (TPSA) is 66.5 Å². The molecule has 0 radical (unpaired) electrons. The van der Waals surface area contributed by atoms with Crippen LogP contribution in [0.5, 0.6) is 0 Å². The highest BCUT2D eigenvalue weighted by atomic mass is 79.9. The Morgan fingerprint density at radius 2 is 1.91 bits per heavy atom. The van der Waals surface area contributed by atoms with Gasteiger partial charge in [-0.1, -0.05) is 12.1 Å². The lowest BCUT2D eigenvalue weighted by Crippen LogP contribution is -2.20. The fourth-order valence-electron chi connectivity index (χ4n) is 2.41. The quantitative estimate of drug-likeness (QED) is 0.889. The molecule has 0 spiro atoms. The van der Waals surface area contributed by atoms with Gasteiger partial charge in [-0.3, -0.25) is 9.52 Å². The van der Waals surface area contributed by atoms with Crippen molar-refractivity contribution in [3.63, 3.8) is 0 Å². The van der Waals surface area contributed by atoms with Crippen LogP contribution >= 0.6 is 15.9 Å². The van der Waals surface area contributed by atoms with Gasteiger partial charge in [-0.25, -0.2) is 8.42 Å². The predicted molar refractivity (Wildman–Crippen MR) is 88.5 cm³/mol. The molecule has 7 heteroatoms. The molecule has 0 bridgehead atoms. The van der Waals surface area contributed by atoms with Crippen molar-refractivity contribution in [1.29, 1.82) is 0 Å². The van der Waals surface area contributed by atoms with Crippen molar-refractivity contribution >= 4 is 43.2 Å². The summed E-state index contributed by atoms with van der Waals surface area (Å²) in [5.41, 5.74) is 2.08. The smallest absolute Gasteiger partial charge is 0.263 e. The lowest BCUT2D eigenvalue weighted by Gasteiger charge is -2.12. The molecule has 22 heavy (non-hydrogen) atoms. The zero-order valence-electron chi connectivity index (χ0n) is 11.7. The molecular weight excluding hydrogens is 368 g/mol. The van der Waals surface area contributed by atoms with Crippen LogP contribution in [0.25, 0.3) is 0 Å².